The van der Waals surface area contributed by atoms with Gasteiger partial charge in [-0.3, -0.25) is 0 Å². The molecule has 0 saturated heterocycles. The summed E-state index contributed by atoms with van der Waals surface area (Å²) in [5.74, 6) is 2.30. The molecule has 1 aliphatic rings. The van der Waals surface area contributed by atoms with E-state index in [1.165, 1.54) is 0 Å². The third kappa shape index (κ3) is 11.8. The summed E-state index contributed by atoms with van der Waals surface area (Å²) < 4.78 is 58.6. The second kappa shape index (κ2) is 22.2. The number of ether oxygens (including phenoxy) is 9. The minimum atomic E-state index is -0.674. The van der Waals surface area contributed by atoms with E-state index in [2.05, 4.69) is 36.4 Å². The first-order valence-electron chi connectivity index (χ1n) is 20.3. The van der Waals surface area contributed by atoms with Crippen LogP contribution in [0, 0.1) is 0 Å². The molecule has 1 fully saturated rings. The first kappa shape index (κ1) is 42.6. The lowest BCUT2D eigenvalue weighted by molar-refractivity contribution is -0.292. The monoisotopic (exact) mass is 810 g/mol. The lowest BCUT2D eigenvalue weighted by Crippen LogP contribution is -2.67. The first-order chi connectivity index (χ1) is 29.6. The Morgan fingerprint density at radius 1 is 0.250 bits per heavy atom. The van der Waals surface area contributed by atoms with Gasteiger partial charge in [0.2, 0.25) is 0 Å². The van der Waals surface area contributed by atoms with Crippen LogP contribution in [0.25, 0.3) is 0 Å². The highest BCUT2D eigenvalue weighted by Crippen LogP contribution is 2.37. The molecule has 1 saturated carbocycles. The van der Waals surface area contributed by atoms with Crippen LogP contribution in [0.5, 0.6) is 17.2 Å². The van der Waals surface area contributed by atoms with Gasteiger partial charge in [-0.2, -0.15) is 0 Å². The molecule has 6 aromatic carbocycles. The number of methoxy groups -OCH3 is 3. The Morgan fingerprint density at radius 3 is 0.617 bits per heavy atom. The van der Waals surface area contributed by atoms with Crippen LogP contribution in [0.4, 0.5) is 0 Å². The number of hydrogen-bond donors (Lipinski definition) is 0. The summed E-state index contributed by atoms with van der Waals surface area (Å²) in [6, 6.07) is 54.0. The van der Waals surface area contributed by atoms with Crippen molar-refractivity contribution in [2.75, 3.05) is 21.3 Å². The van der Waals surface area contributed by atoms with Gasteiger partial charge in [0.25, 0.3) is 0 Å². The molecule has 7 rings (SSSR count). The van der Waals surface area contributed by atoms with Crippen molar-refractivity contribution in [3.8, 4) is 17.2 Å². The lowest BCUT2D eigenvalue weighted by Gasteiger charge is -2.49. The molecule has 0 N–H and O–H groups in total. The molecule has 0 unspecified atom stereocenters. The fraction of sp³-hybridized carbons (Fsp3) is 0.294. The number of benzene rings is 6. The highest BCUT2D eigenvalue weighted by atomic mass is 16.6. The van der Waals surface area contributed by atoms with Crippen LogP contribution in [0.2, 0.25) is 0 Å². The Bertz CT molecular complexity index is 2100. The molecule has 0 spiro atoms. The van der Waals surface area contributed by atoms with E-state index in [1.807, 2.05) is 127 Å². The number of hydrogen-bond acceptors (Lipinski definition) is 9. The summed E-state index contributed by atoms with van der Waals surface area (Å²) in [4.78, 5) is 0. The maximum Gasteiger partial charge on any atom is 0.118 e. The van der Waals surface area contributed by atoms with Crippen molar-refractivity contribution in [1.29, 1.82) is 0 Å². The zero-order chi connectivity index (χ0) is 41.4. The third-order valence-electron chi connectivity index (χ3n) is 10.6. The van der Waals surface area contributed by atoms with Crippen LogP contribution in [-0.4, -0.2) is 58.0 Å². The van der Waals surface area contributed by atoms with Crippen LogP contribution in [0.1, 0.15) is 33.4 Å². The average molecular weight is 811 g/mol. The molecule has 0 aliphatic heterocycles. The maximum atomic E-state index is 7.04. The van der Waals surface area contributed by atoms with Crippen molar-refractivity contribution in [3.63, 3.8) is 0 Å². The van der Waals surface area contributed by atoms with Crippen molar-refractivity contribution in [3.05, 3.63) is 197 Å². The van der Waals surface area contributed by atoms with Gasteiger partial charge in [-0.05, 0) is 69.8 Å². The van der Waals surface area contributed by atoms with Gasteiger partial charge in [0.15, 0.2) is 0 Å². The second-order valence-corrected chi connectivity index (χ2v) is 14.7. The van der Waals surface area contributed by atoms with Gasteiger partial charge in [-0.1, -0.05) is 127 Å². The van der Waals surface area contributed by atoms with Gasteiger partial charge in [0, 0.05) is 0 Å². The van der Waals surface area contributed by atoms with E-state index >= 15 is 0 Å². The molecule has 0 radical (unpaired) electrons. The van der Waals surface area contributed by atoms with E-state index in [1.54, 1.807) is 21.3 Å². The Balaban J connectivity index is 1.31. The van der Waals surface area contributed by atoms with Gasteiger partial charge in [-0.15, -0.1) is 0 Å². The van der Waals surface area contributed by atoms with E-state index in [0.717, 1.165) is 50.6 Å². The highest BCUT2D eigenvalue weighted by Gasteiger charge is 2.55. The molecule has 9 heteroatoms. The minimum absolute atomic E-state index is 0.272. The van der Waals surface area contributed by atoms with Crippen molar-refractivity contribution < 1.29 is 42.6 Å². The van der Waals surface area contributed by atoms with Gasteiger partial charge >= 0.3 is 0 Å². The van der Waals surface area contributed by atoms with Crippen LogP contribution in [0.3, 0.4) is 0 Å². The van der Waals surface area contributed by atoms with E-state index in [4.69, 9.17) is 42.6 Å². The summed E-state index contributed by atoms with van der Waals surface area (Å²) in [5.41, 5.74) is 5.94. The molecular formula is C51H54O9. The van der Waals surface area contributed by atoms with Gasteiger partial charge in [0.05, 0.1) is 61.0 Å². The SMILES string of the molecule is COc1ccc(CO[C@H]2[C@H](OCc3ccccc3)[C@H](OCc3ccccc3)[C@H](OCc3ccc(OC)cc3)[C@@H](OCc3ccc(OC)cc3)[C@@H]2OCc2ccccc2)cc1. The lowest BCUT2D eigenvalue weighted by atomic mass is 9.83. The maximum absolute atomic E-state index is 7.04. The van der Waals surface area contributed by atoms with E-state index in [9.17, 15) is 0 Å². The molecule has 6 atom stereocenters. The van der Waals surface area contributed by atoms with Crippen molar-refractivity contribution in [2.45, 2.75) is 76.3 Å². The quantitative estimate of drug-likeness (QED) is 0.0706. The van der Waals surface area contributed by atoms with Gasteiger partial charge in [-0.25, -0.2) is 0 Å². The molecule has 0 aromatic heterocycles. The fourth-order valence-electron chi connectivity index (χ4n) is 7.30. The molecule has 0 amide bonds. The summed E-state index contributed by atoms with van der Waals surface area (Å²) in [6.45, 7) is 1.75. The first-order valence-corrected chi connectivity index (χ1v) is 20.3. The molecule has 312 valence electrons. The predicted octanol–water partition coefficient (Wildman–Crippen LogP) is 9.54. The normalized spacial score (nSPS) is 20.1. The summed E-state index contributed by atoms with van der Waals surface area (Å²) in [7, 11) is 4.97. The third-order valence-corrected chi connectivity index (χ3v) is 10.6. The smallest absolute Gasteiger partial charge is 0.118 e. The highest BCUT2D eigenvalue weighted by molar-refractivity contribution is 5.29. The molecule has 6 aromatic rings. The average Bonchev–Trinajstić information content (AvgIpc) is 3.31. The Kier molecular flexibility index (Phi) is 15.8. The van der Waals surface area contributed by atoms with Crippen molar-refractivity contribution in [1.82, 2.24) is 0 Å². The van der Waals surface area contributed by atoms with E-state index < -0.39 is 36.6 Å². The minimum Gasteiger partial charge on any atom is -0.497 e. The van der Waals surface area contributed by atoms with Crippen LogP contribution < -0.4 is 14.2 Å². The summed E-state index contributed by atoms with van der Waals surface area (Å²) in [6.07, 6.45) is -3.99. The van der Waals surface area contributed by atoms with Crippen molar-refractivity contribution in [2.24, 2.45) is 0 Å². The Labute approximate surface area is 353 Å². The largest absolute Gasteiger partial charge is 0.497 e. The molecule has 0 heterocycles. The van der Waals surface area contributed by atoms with Crippen molar-refractivity contribution >= 4 is 0 Å². The molecular weight excluding hydrogens is 757 g/mol. The van der Waals surface area contributed by atoms with Crippen LogP contribution >= 0.6 is 0 Å². The fourth-order valence-corrected chi connectivity index (χ4v) is 7.30. The van der Waals surface area contributed by atoms with E-state index in [0.29, 0.717) is 19.8 Å². The topological polar surface area (TPSA) is 83.1 Å². The predicted molar refractivity (Wildman–Crippen MR) is 230 cm³/mol. The van der Waals surface area contributed by atoms with Crippen LogP contribution in [-0.2, 0) is 68.1 Å². The Hall–Kier alpha value is -5.52. The summed E-state index contributed by atoms with van der Waals surface area (Å²) >= 11 is 0. The zero-order valence-electron chi connectivity index (χ0n) is 34.5. The second-order valence-electron chi connectivity index (χ2n) is 14.7. The molecule has 60 heavy (non-hydrogen) atoms. The summed E-state index contributed by atoms with van der Waals surface area (Å²) in [5, 5.41) is 0. The standard InChI is InChI=1S/C51H54O9/c1-52-43-25-19-40(20-26-43)34-58-49-46(55-31-37-13-7-4-8-14-37)47(56-32-38-15-9-5-10-16-38)50(59-35-41-21-27-44(53-2)28-22-41)51(48(49)57-33-39-17-11-6-12-18-39)60-36-42-23-29-45(54-3)30-24-42/h4-30,46-51H,31-36H2,1-3H3/t46-,47+,48-,49+,50+,51+/m1/s1. The zero-order valence-corrected chi connectivity index (χ0v) is 34.5. The van der Waals surface area contributed by atoms with E-state index in [-0.39, 0.29) is 19.8 Å². The van der Waals surface area contributed by atoms with Gasteiger partial charge < -0.3 is 42.6 Å². The van der Waals surface area contributed by atoms with Gasteiger partial charge in [0.1, 0.15) is 53.9 Å². The Morgan fingerprint density at radius 2 is 0.433 bits per heavy atom. The molecule has 0 bridgehead atoms. The van der Waals surface area contributed by atoms with Crippen LogP contribution in [0.15, 0.2) is 164 Å². The number of rotatable bonds is 21. The molecule has 9 nitrogen and oxygen atoms in total. The molecule has 1 aliphatic carbocycles.